The van der Waals surface area contributed by atoms with E-state index in [1.165, 1.54) is 13.3 Å². The Morgan fingerprint density at radius 3 is 2.69 bits per heavy atom. The maximum Gasteiger partial charge on any atom is 0.416 e. The van der Waals surface area contributed by atoms with Gasteiger partial charge < -0.3 is 9.47 Å². The van der Waals surface area contributed by atoms with E-state index in [4.69, 9.17) is 15.9 Å². The number of ether oxygens (including phenoxy) is 2. The molecule has 0 fully saturated rings. The molecule has 11 heteroatoms. The van der Waals surface area contributed by atoms with E-state index in [0.29, 0.717) is 27.6 Å². The molecule has 152 valence electrons. The Morgan fingerprint density at radius 2 is 2.10 bits per heavy atom. The molecule has 29 heavy (non-hydrogen) atoms. The number of anilines is 1. The first kappa shape index (κ1) is 22.0. The number of halogens is 4. The van der Waals surface area contributed by atoms with E-state index >= 15 is 0 Å². The lowest BCUT2D eigenvalue weighted by Crippen LogP contribution is -2.06. The van der Waals surface area contributed by atoms with Gasteiger partial charge in [-0.15, -0.1) is 6.42 Å². The highest BCUT2D eigenvalue weighted by atomic mass is 79.9. The van der Waals surface area contributed by atoms with Gasteiger partial charge in [-0.25, -0.2) is 0 Å². The summed E-state index contributed by atoms with van der Waals surface area (Å²) in [6.07, 6.45) is 1.77. The molecule has 2 aromatic rings. The summed E-state index contributed by atoms with van der Waals surface area (Å²) in [5, 5.41) is 14.9. The third-order valence-corrected chi connectivity index (χ3v) is 4.06. The van der Waals surface area contributed by atoms with Crippen LogP contribution in [0.2, 0.25) is 0 Å². The fourth-order valence-electron chi connectivity index (χ4n) is 2.20. The van der Waals surface area contributed by atoms with Crippen LogP contribution in [-0.2, 0) is 6.18 Å². The SMILES string of the molecule is C#CCOc1c(Br)cc(/C=N\Nc2ccc(C(F)(F)F)cc2[N+](=O)[O-])cc1OC. The molecular weight excluding hydrogens is 459 g/mol. The number of nitro groups is 1. The Labute approximate surface area is 171 Å². The van der Waals surface area contributed by atoms with Crippen molar-refractivity contribution in [3.8, 4) is 23.8 Å². The first-order valence-electron chi connectivity index (χ1n) is 7.76. The van der Waals surface area contributed by atoms with Gasteiger partial charge in [0.25, 0.3) is 5.69 Å². The predicted octanol–water partition coefficient (Wildman–Crippen LogP) is 4.84. The Bertz CT molecular complexity index is 988. The number of hydrogen-bond donors (Lipinski definition) is 1. The summed E-state index contributed by atoms with van der Waals surface area (Å²) >= 11 is 3.31. The van der Waals surface area contributed by atoms with Gasteiger partial charge in [0.2, 0.25) is 0 Å². The van der Waals surface area contributed by atoms with Gasteiger partial charge in [-0.05, 0) is 45.8 Å². The minimum Gasteiger partial charge on any atom is -0.493 e. The number of methoxy groups -OCH3 is 1. The van der Waals surface area contributed by atoms with Crippen LogP contribution in [0.15, 0.2) is 39.9 Å². The molecule has 0 atom stereocenters. The van der Waals surface area contributed by atoms with Crippen LogP contribution in [0.4, 0.5) is 24.5 Å². The quantitative estimate of drug-likeness (QED) is 0.270. The van der Waals surface area contributed by atoms with E-state index < -0.39 is 22.4 Å². The van der Waals surface area contributed by atoms with Crippen LogP contribution in [0, 0.1) is 22.5 Å². The molecule has 0 amide bonds. The lowest BCUT2D eigenvalue weighted by molar-refractivity contribution is -0.384. The average molecular weight is 472 g/mol. The van der Waals surface area contributed by atoms with E-state index in [1.54, 1.807) is 12.1 Å². The molecule has 0 saturated carbocycles. The fourth-order valence-corrected chi connectivity index (χ4v) is 2.77. The molecule has 2 rings (SSSR count). The van der Waals surface area contributed by atoms with E-state index in [1.807, 2.05) is 0 Å². The standard InChI is InChI=1S/C18H13BrF3N3O4/c1-3-6-29-17-13(19)7-11(8-16(17)28-2)10-23-24-14-5-4-12(18(20,21)22)9-15(14)25(26)27/h1,4-5,7-10,24H,6H2,2H3/b23-10-. The number of hydrogen-bond acceptors (Lipinski definition) is 6. The molecule has 0 spiro atoms. The van der Waals surface area contributed by atoms with Gasteiger partial charge in [0.05, 0.1) is 28.3 Å². The van der Waals surface area contributed by atoms with Gasteiger partial charge >= 0.3 is 6.18 Å². The molecule has 0 heterocycles. The number of terminal acetylenes is 1. The molecule has 0 bridgehead atoms. The topological polar surface area (TPSA) is 86.0 Å². The molecule has 7 nitrogen and oxygen atoms in total. The normalized spacial score (nSPS) is 11.2. The molecule has 0 aliphatic rings. The largest absolute Gasteiger partial charge is 0.493 e. The van der Waals surface area contributed by atoms with Crippen molar-refractivity contribution in [3.05, 3.63) is 56.0 Å². The molecule has 0 radical (unpaired) electrons. The van der Waals surface area contributed by atoms with E-state index in [0.717, 1.165) is 12.1 Å². The summed E-state index contributed by atoms with van der Waals surface area (Å²) in [7, 11) is 1.43. The number of alkyl halides is 3. The second kappa shape index (κ2) is 9.29. The van der Waals surface area contributed by atoms with Gasteiger partial charge in [0.15, 0.2) is 11.5 Å². The zero-order chi connectivity index (χ0) is 21.6. The second-order valence-electron chi connectivity index (χ2n) is 5.38. The van der Waals surface area contributed by atoms with Crippen LogP contribution < -0.4 is 14.9 Å². The van der Waals surface area contributed by atoms with Gasteiger partial charge in [-0.2, -0.15) is 18.3 Å². The Hall–Kier alpha value is -3.26. The third-order valence-electron chi connectivity index (χ3n) is 3.47. The summed E-state index contributed by atoms with van der Waals surface area (Å²) < 4.78 is 49.4. The zero-order valence-electron chi connectivity index (χ0n) is 14.8. The summed E-state index contributed by atoms with van der Waals surface area (Å²) in [6, 6.07) is 5.30. The molecular formula is C18H13BrF3N3O4. The number of nitro benzene ring substituents is 1. The molecule has 1 N–H and O–H groups in total. The van der Waals surface area contributed by atoms with Crippen molar-refractivity contribution >= 4 is 33.5 Å². The van der Waals surface area contributed by atoms with Crippen molar-refractivity contribution in [1.29, 1.82) is 0 Å². The zero-order valence-corrected chi connectivity index (χ0v) is 16.4. The average Bonchev–Trinajstić information content (AvgIpc) is 2.66. The highest BCUT2D eigenvalue weighted by Crippen LogP contribution is 2.37. The lowest BCUT2D eigenvalue weighted by atomic mass is 10.1. The second-order valence-corrected chi connectivity index (χ2v) is 6.24. The molecule has 0 saturated heterocycles. The van der Waals surface area contributed by atoms with E-state index in [2.05, 4.69) is 32.4 Å². The van der Waals surface area contributed by atoms with Crippen LogP contribution in [0.25, 0.3) is 0 Å². The van der Waals surface area contributed by atoms with Crippen LogP contribution >= 0.6 is 15.9 Å². The van der Waals surface area contributed by atoms with Crippen molar-refractivity contribution in [3.63, 3.8) is 0 Å². The summed E-state index contributed by atoms with van der Waals surface area (Å²) in [5.41, 5.74) is 0.811. The van der Waals surface area contributed by atoms with Crippen molar-refractivity contribution in [2.75, 3.05) is 19.1 Å². The maximum absolute atomic E-state index is 12.7. The van der Waals surface area contributed by atoms with Crippen molar-refractivity contribution < 1.29 is 27.6 Å². The fraction of sp³-hybridized carbons (Fsp3) is 0.167. The molecule has 0 aliphatic carbocycles. The minimum absolute atomic E-state index is 0.0293. The summed E-state index contributed by atoms with van der Waals surface area (Å²) in [5.74, 6) is 3.07. The first-order chi connectivity index (χ1) is 13.7. The summed E-state index contributed by atoms with van der Waals surface area (Å²) in [4.78, 5) is 10.2. The molecule has 2 aromatic carbocycles. The van der Waals surface area contributed by atoms with Crippen molar-refractivity contribution in [2.45, 2.75) is 6.18 Å². The maximum atomic E-state index is 12.7. The van der Waals surface area contributed by atoms with Gasteiger partial charge in [-0.1, -0.05) is 5.92 Å². The number of nitrogens with one attached hydrogen (secondary N) is 1. The highest BCUT2D eigenvalue weighted by molar-refractivity contribution is 9.10. The Kier molecular flexibility index (Phi) is 7.06. The molecule has 0 aromatic heterocycles. The number of hydrazone groups is 1. The third kappa shape index (κ3) is 5.61. The number of rotatable bonds is 7. The van der Waals surface area contributed by atoms with Crippen LogP contribution in [0.5, 0.6) is 11.5 Å². The van der Waals surface area contributed by atoms with Crippen molar-refractivity contribution in [2.24, 2.45) is 5.10 Å². The Balaban J connectivity index is 2.27. The van der Waals surface area contributed by atoms with Crippen LogP contribution in [0.1, 0.15) is 11.1 Å². The van der Waals surface area contributed by atoms with Crippen molar-refractivity contribution in [1.82, 2.24) is 0 Å². The van der Waals surface area contributed by atoms with E-state index in [9.17, 15) is 23.3 Å². The Morgan fingerprint density at radius 1 is 1.38 bits per heavy atom. The van der Waals surface area contributed by atoms with Crippen LogP contribution in [-0.4, -0.2) is 24.9 Å². The smallest absolute Gasteiger partial charge is 0.416 e. The minimum atomic E-state index is -4.70. The predicted molar refractivity (Wildman–Crippen MR) is 104 cm³/mol. The molecule has 0 aliphatic heterocycles. The van der Waals surface area contributed by atoms with Gasteiger partial charge in [0.1, 0.15) is 12.3 Å². The first-order valence-corrected chi connectivity index (χ1v) is 8.55. The number of nitrogens with zero attached hydrogens (tertiary/aromatic N) is 2. The molecule has 0 unspecified atom stereocenters. The van der Waals surface area contributed by atoms with Gasteiger partial charge in [-0.3, -0.25) is 15.5 Å². The highest BCUT2D eigenvalue weighted by Gasteiger charge is 2.33. The van der Waals surface area contributed by atoms with E-state index in [-0.39, 0.29) is 12.3 Å². The van der Waals surface area contributed by atoms with Gasteiger partial charge in [0, 0.05) is 6.07 Å². The monoisotopic (exact) mass is 471 g/mol. The lowest BCUT2D eigenvalue weighted by Gasteiger charge is -2.11. The van der Waals surface area contributed by atoms with Crippen LogP contribution in [0.3, 0.4) is 0 Å². The number of benzene rings is 2. The summed E-state index contributed by atoms with van der Waals surface area (Å²) in [6.45, 7) is 0.0293.